The minimum absolute atomic E-state index is 0.133. The van der Waals surface area contributed by atoms with Crippen LogP contribution in [-0.2, 0) is 0 Å². The van der Waals surface area contributed by atoms with Crippen molar-refractivity contribution in [3.05, 3.63) is 57.2 Å². The van der Waals surface area contributed by atoms with Crippen molar-refractivity contribution in [1.82, 2.24) is 4.98 Å². The lowest BCUT2D eigenvalue weighted by atomic mass is 10.2. The Bertz CT molecular complexity index is 672. The second kappa shape index (κ2) is 6.31. The Labute approximate surface area is 136 Å². The van der Waals surface area contributed by atoms with Crippen molar-refractivity contribution < 1.29 is 4.92 Å². The molecule has 3 rings (SSSR count). The van der Waals surface area contributed by atoms with Gasteiger partial charge < -0.3 is 9.80 Å². The van der Waals surface area contributed by atoms with E-state index in [1.807, 2.05) is 24.3 Å². The van der Waals surface area contributed by atoms with Crippen LogP contribution in [0.1, 0.15) is 0 Å². The monoisotopic (exact) mass is 362 g/mol. The molecule has 0 saturated carbocycles. The molecule has 1 saturated heterocycles. The van der Waals surface area contributed by atoms with Gasteiger partial charge in [-0.05, 0) is 40.2 Å². The van der Waals surface area contributed by atoms with Gasteiger partial charge in [-0.1, -0.05) is 12.1 Å². The highest BCUT2D eigenvalue weighted by molar-refractivity contribution is 9.10. The van der Waals surface area contributed by atoms with Crippen molar-refractivity contribution in [2.45, 2.75) is 0 Å². The van der Waals surface area contributed by atoms with Gasteiger partial charge in [0.15, 0.2) is 0 Å². The van der Waals surface area contributed by atoms with Crippen molar-refractivity contribution in [1.29, 1.82) is 0 Å². The van der Waals surface area contributed by atoms with Gasteiger partial charge in [-0.25, -0.2) is 4.98 Å². The van der Waals surface area contributed by atoms with E-state index in [1.165, 1.54) is 0 Å². The standard InChI is InChI=1S/C15H15BrN4O2/c16-12-4-3-5-13(15(12)20(21)22)18-8-10-19(11-9-18)14-6-1-2-7-17-14/h1-7H,8-11H2. The maximum Gasteiger partial charge on any atom is 0.306 e. The summed E-state index contributed by atoms with van der Waals surface area (Å²) in [7, 11) is 0. The number of para-hydroxylation sites is 1. The number of halogens is 1. The van der Waals surface area contributed by atoms with Crippen LogP contribution in [0.5, 0.6) is 0 Å². The van der Waals surface area contributed by atoms with Crippen LogP contribution in [0.3, 0.4) is 0 Å². The summed E-state index contributed by atoms with van der Waals surface area (Å²) in [5.41, 5.74) is 0.800. The molecule has 0 bridgehead atoms. The van der Waals surface area contributed by atoms with Crippen molar-refractivity contribution in [2.75, 3.05) is 36.0 Å². The highest BCUT2D eigenvalue weighted by Gasteiger charge is 2.25. The van der Waals surface area contributed by atoms with Crippen LogP contribution in [-0.4, -0.2) is 36.1 Å². The summed E-state index contributed by atoms with van der Waals surface area (Å²) < 4.78 is 0.516. The minimum atomic E-state index is -0.329. The summed E-state index contributed by atoms with van der Waals surface area (Å²) in [6.45, 7) is 3.04. The van der Waals surface area contributed by atoms with E-state index in [9.17, 15) is 10.1 Å². The number of pyridine rings is 1. The van der Waals surface area contributed by atoms with Gasteiger partial charge in [-0.2, -0.15) is 0 Å². The van der Waals surface area contributed by atoms with Crippen LogP contribution >= 0.6 is 15.9 Å². The molecule has 1 aromatic heterocycles. The predicted molar refractivity (Wildman–Crippen MR) is 89.5 cm³/mol. The zero-order valence-electron chi connectivity index (χ0n) is 11.9. The van der Waals surface area contributed by atoms with Crippen molar-refractivity contribution in [3.63, 3.8) is 0 Å². The molecule has 0 radical (unpaired) electrons. The zero-order chi connectivity index (χ0) is 15.5. The van der Waals surface area contributed by atoms with E-state index < -0.39 is 0 Å². The van der Waals surface area contributed by atoms with E-state index in [-0.39, 0.29) is 10.6 Å². The molecule has 7 heteroatoms. The molecule has 22 heavy (non-hydrogen) atoms. The Morgan fingerprint density at radius 3 is 2.41 bits per heavy atom. The number of benzene rings is 1. The fourth-order valence-corrected chi connectivity index (χ4v) is 3.16. The fourth-order valence-electron chi connectivity index (χ4n) is 2.66. The average Bonchev–Trinajstić information content (AvgIpc) is 2.55. The van der Waals surface area contributed by atoms with Gasteiger partial charge >= 0.3 is 5.69 Å². The van der Waals surface area contributed by atoms with Gasteiger partial charge in [0.05, 0.1) is 9.40 Å². The van der Waals surface area contributed by atoms with E-state index in [0.29, 0.717) is 10.2 Å². The van der Waals surface area contributed by atoms with Gasteiger partial charge in [0.25, 0.3) is 0 Å². The van der Waals surface area contributed by atoms with Crippen LogP contribution in [0.25, 0.3) is 0 Å². The minimum Gasteiger partial charge on any atom is -0.362 e. The third-order valence-corrected chi connectivity index (χ3v) is 4.38. The molecule has 2 aromatic rings. The number of hydrogen-bond donors (Lipinski definition) is 0. The molecule has 0 amide bonds. The Morgan fingerprint density at radius 2 is 1.77 bits per heavy atom. The first-order chi connectivity index (χ1) is 10.7. The van der Waals surface area contributed by atoms with Gasteiger partial charge in [-0.3, -0.25) is 10.1 Å². The maximum absolute atomic E-state index is 11.3. The summed E-state index contributed by atoms with van der Waals surface area (Å²) in [4.78, 5) is 19.6. The Kier molecular flexibility index (Phi) is 4.24. The van der Waals surface area contributed by atoms with Crippen LogP contribution in [0, 0.1) is 10.1 Å². The SMILES string of the molecule is O=[N+]([O-])c1c(Br)cccc1N1CCN(c2ccccn2)CC1. The second-order valence-electron chi connectivity index (χ2n) is 5.03. The molecule has 2 heterocycles. The smallest absolute Gasteiger partial charge is 0.306 e. The summed E-state index contributed by atoms with van der Waals surface area (Å²) >= 11 is 3.27. The number of anilines is 2. The molecule has 0 unspecified atom stereocenters. The third kappa shape index (κ3) is 2.89. The van der Waals surface area contributed by atoms with Gasteiger partial charge in [-0.15, -0.1) is 0 Å². The normalized spacial score (nSPS) is 15.0. The number of nitro groups is 1. The second-order valence-corrected chi connectivity index (χ2v) is 5.88. The number of hydrogen-bond acceptors (Lipinski definition) is 5. The molecule has 1 aromatic carbocycles. The lowest BCUT2D eigenvalue weighted by molar-refractivity contribution is -0.384. The summed E-state index contributed by atoms with van der Waals surface area (Å²) in [5.74, 6) is 0.950. The lowest BCUT2D eigenvalue weighted by Gasteiger charge is -2.36. The molecule has 114 valence electrons. The fraction of sp³-hybridized carbons (Fsp3) is 0.267. The number of nitro benzene ring substituents is 1. The van der Waals surface area contributed by atoms with Gasteiger partial charge in [0.2, 0.25) is 0 Å². The number of aromatic nitrogens is 1. The lowest BCUT2D eigenvalue weighted by Crippen LogP contribution is -2.47. The summed E-state index contributed by atoms with van der Waals surface area (Å²) in [6.07, 6.45) is 1.78. The zero-order valence-corrected chi connectivity index (χ0v) is 13.4. The first kappa shape index (κ1) is 14.8. The molecule has 0 atom stereocenters. The van der Waals surface area contributed by atoms with Crippen LogP contribution in [0.15, 0.2) is 47.1 Å². The molecule has 6 nitrogen and oxygen atoms in total. The third-order valence-electron chi connectivity index (χ3n) is 3.74. The Morgan fingerprint density at radius 1 is 1.05 bits per heavy atom. The topological polar surface area (TPSA) is 62.5 Å². The molecular weight excluding hydrogens is 348 g/mol. The molecular formula is C15H15BrN4O2. The van der Waals surface area contributed by atoms with Crippen molar-refractivity contribution in [2.24, 2.45) is 0 Å². The number of rotatable bonds is 3. The average molecular weight is 363 g/mol. The molecule has 1 aliphatic heterocycles. The molecule has 1 aliphatic rings. The Hall–Kier alpha value is -2.15. The van der Waals surface area contributed by atoms with Gasteiger partial charge in [0, 0.05) is 32.4 Å². The Balaban J connectivity index is 1.77. The largest absolute Gasteiger partial charge is 0.362 e. The molecule has 0 aliphatic carbocycles. The first-order valence-electron chi connectivity index (χ1n) is 7.00. The molecule has 0 spiro atoms. The highest BCUT2D eigenvalue weighted by Crippen LogP contribution is 2.35. The molecule has 0 N–H and O–H groups in total. The van der Waals surface area contributed by atoms with Crippen LogP contribution < -0.4 is 9.80 Å². The maximum atomic E-state index is 11.3. The van der Waals surface area contributed by atoms with E-state index >= 15 is 0 Å². The number of piperazine rings is 1. The van der Waals surface area contributed by atoms with Crippen LogP contribution in [0.2, 0.25) is 0 Å². The van der Waals surface area contributed by atoms with E-state index in [2.05, 4.69) is 30.7 Å². The van der Waals surface area contributed by atoms with Gasteiger partial charge in [0.1, 0.15) is 11.5 Å². The highest BCUT2D eigenvalue weighted by atomic mass is 79.9. The predicted octanol–water partition coefficient (Wildman–Crippen LogP) is 3.08. The van der Waals surface area contributed by atoms with E-state index in [1.54, 1.807) is 18.3 Å². The van der Waals surface area contributed by atoms with E-state index in [0.717, 1.165) is 32.0 Å². The summed E-state index contributed by atoms with van der Waals surface area (Å²) in [5, 5.41) is 11.3. The van der Waals surface area contributed by atoms with E-state index in [4.69, 9.17) is 0 Å². The quantitative estimate of drug-likeness (QED) is 0.620. The van der Waals surface area contributed by atoms with Crippen molar-refractivity contribution >= 4 is 33.1 Å². The van der Waals surface area contributed by atoms with Crippen molar-refractivity contribution in [3.8, 4) is 0 Å². The summed E-state index contributed by atoms with van der Waals surface area (Å²) in [6, 6.07) is 11.2. The van der Waals surface area contributed by atoms with Crippen LogP contribution in [0.4, 0.5) is 17.2 Å². The molecule has 1 fully saturated rings. The number of nitrogens with zero attached hydrogens (tertiary/aromatic N) is 4. The first-order valence-corrected chi connectivity index (χ1v) is 7.80.